The lowest BCUT2D eigenvalue weighted by atomic mass is 9.81. The lowest BCUT2D eigenvalue weighted by Crippen LogP contribution is -2.50. The Kier molecular flexibility index (Phi) is 8.68. The van der Waals surface area contributed by atoms with Crippen molar-refractivity contribution in [2.24, 2.45) is 5.73 Å². The number of hydrogen-bond donors (Lipinski definition) is 1. The number of carbonyl (C=O) groups is 2. The second kappa shape index (κ2) is 12.8. The highest BCUT2D eigenvalue weighted by Crippen LogP contribution is 2.45. The minimum Gasteiger partial charge on any atom is -0.451 e. The molecule has 2 heterocycles. The first-order valence-corrected chi connectivity index (χ1v) is 15.2. The summed E-state index contributed by atoms with van der Waals surface area (Å²) in [6, 6.07) is 16.9. The van der Waals surface area contributed by atoms with Crippen molar-refractivity contribution < 1.29 is 27.8 Å². The van der Waals surface area contributed by atoms with Gasteiger partial charge in [0.05, 0.1) is 12.2 Å². The van der Waals surface area contributed by atoms with Crippen LogP contribution >= 0.6 is 0 Å². The Morgan fingerprint density at radius 2 is 1.59 bits per heavy atom. The minimum absolute atomic E-state index is 0.137. The third-order valence-corrected chi connectivity index (χ3v) is 8.75. The molecule has 46 heavy (non-hydrogen) atoms. The Morgan fingerprint density at radius 3 is 2.20 bits per heavy atom. The fourth-order valence-corrected chi connectivity index (χ4v) is 6.53. The van der Waals surface area contributed by atoms with Gasteiger partial charge in [0.1, 0.15) is 17.7 Å². The predicted octanol–water partition coefficient (Wildman–Crippen LogP) is 4.31. The molecule has 0 bridgehead atoms. The van der Waals surface area contributed by atoms with Crippen molar-refractivity contribution in [1.29, 1.82) is 0 Å². The number of hydrogen-bond acceptors (Lipinski definition) is 7. The number of nitrogens with two attached hydrogens (primary N) is 1. The third kappa shape index (κ3) is 5.78. The molecule has 0 saturated heterocycles. The number of amides is 1. The molecule has 1 aliphatic heterocycles. The first kappa shape index (κ1) is 31.1. The van der Waals surface area contributed by atoms with E-state index in [1.165, 1.54) is 16.8 Å². The maximum Gasteiger partial charge on any atom is 0.326 e. The molecule has 2 N–H and O–H groups in total. The van der Waals surface area contributed by atoms with Gasteiger partial charge in [0.2, 0.25) is 18.0 Å². The topological polar surface area (TPSA) is 117 Å². The number of esters is 1. The molecular formula is C35H34F2N4O5. The van der Waals surface area contributed by atoms with E-state index in [0.717, 1.165) is 11.8 Å². The van der Waals surface area contributed by atoms with Gasteiger partial charge in [-0.05, 0) is 73.1 Å². The van der Waals surface area contributed by atoms with E-state index in [2.05, 4.69) is 5.10 Å². The number of nitrogens with zero attached hydrogens (tertiary/aromatic N) is 3. The first-order chi connectivity index (χ1) is 22.2. The Bertz CT molecular complexity index is 1790. The molecule has 1 aromatic heterocycles. The van der Waals surface area contributed by atoms with Gasteiger partial charge in [0, 0.05) is 18.5 Å². The van der Waals surface area contributed by atoms with Crippen LogP contribution in [-0.2, 0) is 28.8 Å². The highest BCUT2D eigenvalue weighted by Gasteiger charge is 2.43. The molecule has 0 radical (unpaired) electrons. The molecule has 6 rings (SSSR count). The number of benzene rings is 3. The highest BCUT2D eigenvalue weighted by molar-refractivity contribution is 5.96. The Balaban J connectivity index is 1.39. The Labute approximate surface area is 264 Å². The van der Waals surface area contributed by atoms with Gasteiger partial charge in [0.15, 0.2) is 5.69 Å². The van der Waals surface area contributed by atoms with Gasteiger partial charge in [0.25, 0.3) is 5.91 Å². The van der Waals surface area contributed by atoms with Crippen LogP contribution in [0.5, 0.6) is 5.75 Å². The van der Waals surface area contributed by atoms with Crippen molar-refractivity contribution in [3.63, 3.8) is 0 Å². The summed E-state index contributed by atoms with van der Waals surface area (Å²) in [5.41, 5.74) is 8.30. The second-order valence-corrected chi connectivity index (χ2v) is 11.9. The zero-order valence-corrected chi connectivity index (χ0v) is 25.5. The molecule has 11 heteroatoms. The Morgan fingerprint density at radius 1 is 0.957 bits per heavy atom. The summed E-state index contributed by atoms with van der Waals surface area (Å²) < 4.78 is 42.9. The predicted molar refractivity (Wildman–Crippen MR) is 165 cm³/mol. The van der Waals surface area contributed by atoms with E-state index in [1.54, 1.807) is 17.0 Å². The van der Waals surface area contributed by atoms with E-state index >= 15 is 8.78 Å². The quantitative estimate of drug-likeness (QED) is 0.228. The van der Waals surface area contributed by atoms with Crippen LogP contribution in [0.25, 0.3) is 0 Å². The van der Waals surface area contributed by atoms with Crippen molar-refractivity contribution >= 4 is 11.9 Å². The summed E-state index contributed by atoms with van der Waals surface area (Å²) in [7, 11) is 0. The summed E-state index contributed by atoms with van der Waals surface area (Å²) in [5, 5.41) is 4.38. The molecule has 4 aromatic rings. The maximum absolute atomic E-state index is 15.3. The van der Waals surface area contributed by atoms with E-state index in [4.69, 9.17) is 15.2 Å². The monoisotopic (exact) mass is 628 g/mol. The summed E-state index contributed by atoms with van der Waals surface area (Å²) in [6.45, 7) is 3.16. The average Bonchev–Trinajstić information content (AvgIpc) is 3.21. The number of carbonyl (C=O) groups excluding carboxylic acids is 2. The molecule has 3 aromatic carbocycles. The van der Waals surface area contributed by atoms with Gasteiger partial charge in [-0.25, -0.2) is 8.78 Å². The standard InChI is InChI=1S/C35H34F2N4O5/c1-20(2)40-18-29(31-24-10-6-12-26(36)22(24)14-15-23-25(31)11-7-13-27(23)37)41-32(34(40)43)33(30(42)17-39-41)45-19-46-35(44)28(38)16-21-8-4-3-5-9-21/h3-13,17,20,28-29,31H,14-16,18-19,38H2,1-2H3/t28-,29-/m1/s1. The summed E-state index contributed by atoms with van der Waals surface area (Å²) in [4.78, 5) is 41.3. The number of rotatable bonds is 8. The zero-order valence-electron chi connectivity index (χ0n) is 25.5. The average molecular weight is 629 g/mol. The minimum atomic E-state index is -0.975. The van der Waals surface area contributed by atoms with Crippen LogP contribution in [0.3, 0.4) is 0 Å². The van der Waals surface area contributed by atoms with Crippen LogP contribution in [0.1, 0.15) is 64.1 Å². The number of fused-ring (bicyclic) bond motifs is 3. The number of ether oxygens (including phenoxy) is 2. The van der Waals surface area contributed by atoms with Crippen LogP contribution in [0, 0.1) is 11.6 Å². The van der Waals surface area contributed by atoms with Crippen LogP contribution in [0.15, 0.2) is 77.7 Å². The molecule has 1 aliphatic carbocycles. The fraction of sp³-hybridized carbons (Fsp3) is 0.314. The van der Waals surface area contributed by atoms with Gasteiger partial charge in [-0.15, -0.1) is 0 Å². The van der Waals surface area contributed by atoms with Crippen molar-refractivity contribution in [3.8, 4) is 5.75 Å². The molecule has 2 aliphatic rings. The summed E-state index contributed by atoms with van der Waals surface area (Å²) in [5.74, 6) is -3.00. The lowest BCUT2D eigenvalue weighted by Gasteiger charge is -2.41. The largest absolute Gasteiger partial charge is 0.451 e. The van der Waals surface area contributed by atoms with Crippen molar-refractivity contribution in [2.75, 3.05) is 13.3 Å². The van der Waals surface area contributed by atoms with Crippen LogP contribution in [0.4, 0.5) is 8.78 Å². The van der Waals surface area contributed by atoms with Gasteiger partial charge >= 0.3 is 5.97 Å². The van der Waals surface area contributed by atoms with Crippen molar-refractivity contribution in [3.05, 3.63) is 128 Å². The lowest BCUT2D eigenvalue weighted by molar-refractivity contribution is -0.151. The molecule has 0 spiro atoms. The highest BCUT2D eigenvalue weighted by atomic mass is 19.1. The molecule has 9 nitrogen and oxygen atoms in total. The van der Waals surface area contributed by atoms with E-state index in [9.17, 15) is 14.4 Å². The molecular weight excluding hydrogens is 594 g/mol. The summed E-state index contributed by atoms with van der Waals surface area (Å²) in [6.07, 6.45) is 1.86. The fourth-order valence-electron chi connectivity index (χ4n) is 6.53. The molecule has 2 atom stereocenters. The van der Waals surface area contributed by atoms with Gasteiger partial charge in [-0.3, -0.25) is 19.1 Å². The van der Waals surface area contributed by atoms with E-state index < -0.39 is 53.7 Å². The van der Waals surface area contributed by atoms with E-state index in [1.807, 2.05) is 56.3 Å². The van der Waals surface area contributed by atoms with Gasteiger partial charge in [-0.2, -0.15) is 5.10 Å². The number of halogens is 2. The van der Waals surface area contributed by atoms with Gasteiger partial charge < -0.3 is 20.1 Å². The molecule has 0 unspecified atom stereocenters. The SMILES string of the molecule is CC(C)N1C[C@H](C2c3cccc(F)c3CCc3c(F)cccc32)n2ncc(=O)c(OCOC(=O)[C@H](N)Cc3ccccc3)c2C1=O. The van der Waals surface area contributed by atoms with Crippen molar-refractivity contribution in [1.82, 2.24) is 14.7 Å². The van der Waals surface area contributed by atoms with Crippen LogP contribution in [0.2, 0.25) is 0 Å². The smallest absolute Gasteiger partial charge is 0.326 e. The van der Waals surface area contributed by atoms with Crippen LogP contribution in [-0.4, -0.2) is 52.0 Å². The molecule has 238 valence electrons. The normalized spacial score (nSPS) is 16.7. The van der Waals surface area contributed by atoms with E-state index in [-0.39, 0.29) is 30.5 Å². The second-order valence-electron chi connectivity index (χ2n) is 11.9. The number of aromatic nitrogens is 2. The summed E-state index contributed by atoms with van der Waals surface area (Å²) >= 11 is 0. The Hall–Kier alpha value is -4.90. The zero-order chi connectivity index (χ0) is 32.5. The first-order valence-electron chi connectivity index (χ1n) is 15.2. The van der Waals surface area contributed by atoms with Gasteiger partial charge in [-0.1, -0.05) is 54.6 Å². The van der Waals surface area contributed by atoms with E-state index in [0.29, 0.717) is 35.1 Å². The maximum atomic E-state index is 15.3. The molecule has 1 amide bonds. The third-order valence-electron chi connectivity index (χ3n) is 8.75. The van der Waals surface area contributed by atoms with Crippen LogP contribution < -0.4 is 15.9 Å². The molecule has 0 saturated carbocycles. The molecule has 0 fully saturated rings. The van der Waals surface area contributed by atoms with Crippen molar-refractivity contribution in [2.45, 2.75) is 57.2 Å².